The summed E-state index contributed by atoms with van der Waals surface area (Å²) < 4.78 is 1.64. The predicted molar refractivity (Wildman–Crippen MR) is 87.8 cm³/mol. The lowest BCUT2D eigenvalue weighted by atomic mass is 9.94. The Morgan fingerprint density at radius 1 is 1.09 bits per heavy atom. The predicted octanol–water partition coefficient (Wildman–Crippen LogP) is 3.01. The van der Waals surface area contributed by atoms with E-state index in [0.29, 0.717) is 5.56 Å². The summed E-state index contributed by atoms with van der Waals surface area (Å²) >= 11 is 0. The van der Waals surface area contributed by atoms with Crippen LogP contribution in [0.2, 0.25) is 0 Å². The molecular weight excluding hydrogens is 294 g/mol. The summed E-state index contributed by atoms with van der Waals surface area (Å²) in [5, 5.41) is 20.2. The second kappa shape index (κ2) is 5.85. The Morgan fingerprint density at radius 2 is 1.78 bits per heavy atom. The molecule has 1 unspecified atom stereocenters. The van der Waals surface area contributed by atoms with E-state index in [-0.39, 0.29) is 18.9 Å². The fourth-order valence-electron chi connectivity index (χ4n) is 3.11. The monoisotopic (exact) mass is 311 g/mol. The molecule has 23 heavy (non-hydrogen) atoms. The summed E-state index contributed by atoms with van der Waals surface area (Å²) in [6, 6.07) is 12.9. The fourth-order valence-corrected chi connectivity index (χ4v) is 3.11. The Labute approximate surface area is 132 Å². The van der Waals surface area contributed by atoms with Gasteiger partial charge in [-0.05, 0) is 30.2 Å². The van der Waals surface area contributed by atoms with Crippen molar-refractivity contribution in [3.63, 3.8) is 0 Å². The molecule has 0 fully saturated rings. The molecule has 0 spiro atoms. The number of carbonyl (C=O) groups excluding carboxylic acids is 1. The van der Waals surface area contributed by atoms with Crippen LogP contribution in [-0.4, -0.2) is 33.3 Å². The molecule has 3 aromatic rings. The highest BCUT2D eigenvalue weighted by Crippen LogP contribution is 2.32. The molecule has 1 aromatic heterocycles. The molecule has 0 radical (unpaired) electrons. The van der Waals surface area contributed by atoms with Gasteiger partial charge in [0.25, 0.3) is 0 Å². The van der Waals surface area contributed by atoms with Gasteiger partial charge in [-0.1, -0.05) is 24.3 Å². The summed E-state index contributed by atoms with van der Waals surface area (Å²) in [6.07, 6.45) is 0.159. The van der Waals surface area contributed by atoms with Gasteiger partial charge in [0, 0.05) is 24.3 Å². The maximum Gasteiger partial charge on any atom is 0.311 e. The van der Waals surface area contributed by atoms with Gasteiger partial charge in [0.15, 0.2) is 0 Å². The third-order valence-electron chi connectivity index (χ3n) is 4.13. The highest BCUT2D eigenvalue weighted by molar-refractivity contribution is 6.13. The zero-order valence-corrected chi connectivity index (χ0v) is 12.7. The van der Waals surface area contributed by atoms with E-state index >= 15 is 0 Å². The number of aliphatic hydroxyl groups is 1. The average Bonchev–Trinajstić information content (AvgIpc) is 2.86. The molecule has 2 aromatic carbocycles. The van der Waals surface area contributed by atoms with Crippen molar-refractivity contribution in [1.29, 1.82) is 0 Å². The second-order valence-corrected chi connectivity index (χ2v) is 5.55. The number of benzene rings is 2. The summed E-state index contributed by atoms with van der Waals surface area (Å²) in [7, 11) is 0. The van der Waals surface area contributed by atoms with Crippen LogP contribution in [0.15, 0.2) is 42.5 Å². The number of rotatable bonds is 4. The Morgan fingerprint density at radius 3 is 2.43 bits per heavy atom. The average molecular weight is 311 g/mol. The first-order chi connectivity index (χ1) is 11.0. The van der Waals surface area contributed by atoms with Crippen LogP contribution >= 0.6 is 0 Å². The van der Waals surface area contributed by atoms with Crippen molar-refractivity contribution in [2.75, 3.05) is 6.61 Å². The molecule has 3 rings (SSSR count). The van der Waals surface area contributed by atoms with Gasteiger partial charge >= 0.3 is 5.97 Å². The lowest BCUT2D eigenvalue weighted by Crippen LogP contribution is -2.13. The van der Waals surface area contributed by atoms with E-state index in [2.05, 4.69) is 0 Å². The first-order valence-corrected chi connectivity index (χ1v) is 7.42. The van der Waals surface area contributed by atoms with Gasteiger partial charge in [-0.25, -0.2) is 0 Å². The smallest absolute Gasteiger partial charge is 0.311 e. The van der Waals surface area contributed by atoms with Crippen LogP contribution in [0.5, 0.6) is 0 Å². The Kier molecular flexibility index (Phi) is 3.88. The van der Waals surface area contributed by atoms with E-state index < -0.39 is 11.9 Å². The molecule has 1 atom stereocenters. The Bertz CT molecular complexity index is 910. The lowest BCUT2D eigenvalue weighted by Gasteiger charge is -2.11. The topological polar surface area (TPSA) is 79.5 Å². The molecule has 118 valence electrons. The molecule has 0 aliphatic carbocycles. The van der Waals surface area contributed by atoms with Crippen LogP contribution in [0.1, 0.15) is 29.6 Å². The number of para-hydroxylation sites is 1. The fraction of sp³-hybridized carbons (Fsp3) is 0.222. The van der Waals surface area contributed by atoms with Gasteiger partial charge in [-0.15, -0.1) is 0 Å². The Balaban J connectivity index is 2.30. The highest BCUT2D eigenvalue weighted by atomic mass is 16.4. The summed E-state index contributed by atoms with van der Waals surface area (Å²) in [6.45, 7) is 1.32. The van der Waals surface area contributed by atoms with Crippen molar-refractivity contribution in [2.45, 2.75) is 19.3 Å². The number of nitrogens with zero attached hydrogens (tertiary/aromatic N) is 1. The summed E-state index contributed by atoms with van der Waals surface area (Å²) in [5.41, 5.74) is 2.20. The molecule has 0 aliphatic rings. The number of carboxylic acids is 1. The van der Waals surface area contributed by atoms with Crippen molar-refractivity contribution in [3.8, 4) is 0 Å². The molecular formula is C18H17NO4. The SMILES string of the molecule is CC(=O)n1c2ccccc2c2cc(C(CCO)C(=O)O)ccc21. The minimum Gasteiger partial charge on any atom is -0.481 e. The zero-order chi connectivity index (χ0) is 16.6. The number of fused-ring (bicyclic) bond motifs is 3. The standard InChI is InChI=1S/C18H17NO4/c1-11(21)19-16-5-3-2-4-14(16)15-10-12(6-7-17(15)19)13(8-9-20)18(22)23/h2-7,10,13,20H,8-9H2,1H3,(H,22,23). The van der Waals surface area contributed by atoms with Crippen molar-refractivity contribution in [3.05, 3.63) is 48.0 Å². The van der Waals surface area contributed by atoms with Gasteiger partial charge in [0.05, 0.1) is 17.0 Å². The van der Waals surface area contributed by atoms with Gasteiger partial charge in [-0.2, -0.15) is 0 Å². The van der Waals surface area contributed by atoms with Crippen molar-refractivity contribution in [1.82, 2.24) is 4.57 Å². The third-order valence-corrected chi connectivity index (χ3v) is 4.13. The molecule has 0 amide bonds. The van der Waals surface area contributed by atoms with E-state index in [4.69, 9.17) is 5.11 Å². The van der Waals surface area contributed by atoms with E-state index in [1.165, 1.54) is 6.92 Å². The zero-order valence-electron chi connectivity index (χ0n) is 12.7. The number of aliphatic hydroxyl groups excluding tert-OH is 1. The first kappa shape index (κ1) is 15.2. The minimum atomic E-state index is -0.964. The van der Waals surface area contributed by atoms with Gasteiger partial charge < -0.3 is 10.2 Å². The number of aliphatic carboxylic acids is 1. The van der Waals surface area contributed by atoms with Gasteiger partial charge in [-0.3, -0.25) is 14.2 Å². The van der Waals surface area contributed by atoms with Gasteiger partial charge in [0.1, 0.15) is 0 Å². The van der Waals surface area contributed by atoms with Crippen LogP contribution in [0.25, 0.3) is 21.8 Å². The highest BCUT2D eigenvalue weighted by Gasteiger charge is 2.21. The van der Waals surface area contributed by atoms with E-state index in [1.54, 1.807) is 16.7 Å². The van der Waals surface area contributed by atoms with Crippen LogP contribution in [-0.2, 0) is 4.79 Å². The number of hydrogen-bond donors (Lipinski definition) is 2. The third kappa shape index (κ3) is 2.49. The minimum absolute atomic E-state index is 0.0888. The van der Waals surface area contributed by atoms with Crippen LogP contribution < -0.4 is 0 Å². The first-order valence-electron chi connectivity index (χ1n) is 7.42. The second-order valence-electron chi connectivity index (χ2n) is 5.55. The quantitative estimate of drug-likeness (QED) is 0.776. The molecule has 0 aliphatic heterocycles. The number of hydrogen-bond acceptors (Lipinski definition) is 3. The van der Waals surface area contributed by atoms with E-state index in [0.717, 1.165) is 21.8 Å². The van der Waals surface area contributed by atoms with Crippen molar-refractivity contribution < 1.29 is 19.8 Å². The maximum atomic E-state index is 12.0. The summed E-state index contributed by atoms with van der Waals surface area (Å²) in [5.74, 6) is -1.81. The lowest BCUT2D eigenvalue weighted by molar-refractivity contribution is -0.139. The van der Waals surface area contributed by atoms with E-state index in [1.807, 2.05) is 30.3 Å². The Hall–Kier alpha value is -2.66. The van der Waals surface area contributed by atoms with Crippen LogP contribution in [0.4, 0.5) is 0 Å². The maximum absolute atomic E-state index is 12.0. The number of carboxylic acid groups (broad SMARTS) is 1. The van der Waals surface area contributed by atoms with Crippen LogP contribution in [0, 0.1) is 0 Å². The molecule has 2 N–H and O–H groups in total. The molecule has 0 bridgehead atoms. The molecule has 0 saturated carbocycles. The molecule has 1 heterocycles. The van der Waals surface area contributed by atoms with Crippen LogP contribution in [0.3, 0.4) is 0 Å². The van der Waals surface area contributed by atoms with Gasteiger partial charge in [0.2, 0.25) is 5.91 Å². The largest absolute Gasteiger partial charge is 0.481 e. The number of aromatic nitrogens is 1. The van der Waals surface area contributed by atoms with Crippen molar-refractivity contribution >= 4 is 33.7 Å². The molecule has 5 nitrogen and oxygen atoms in total. The number of carbonyl (C=O) groups is 2. The molecule has 5 heteroatoms. The van der Waals surface area contributed by atoms with E-state index in [9.17, 15) is 14.7 Å². The molecule has 0 saturated heterocycles. The van der Waals surface area contributed by atoms with Crippen molar-refractivity contribution in [2.24, 2.45) is 0 Å². The normalized spacial score (nSPS) is 12.6. The summed E-state index contributed by atoms with van der Waals surface area (Å²) in [4.78, 5) is 23.4.